The van der Waals surface area contributed by atoms with Crippen LogP contribution in [0.5, 0.6) is 0 Å². The molecule has 0 rings (SSSR count). The number of unbranched alkanes of at least 4 members (excludes halogenated alkanes) is 4. The minimum atomic E-state index is 0.952. The van der Waals surface area contributed by atoms with Gasteiger partial charge >= 0.3 is 0 Å². The first-order valence-corrected chi connectivity index (χ1v) is 7.20. The van der Waals surface area contributed by atoms with Gasteiger partial charge in [-0.2, -0.15) is 0 Å². The average molecular weight is 212 g/mol. The highest BCUT2D eigenvalue weighted by Gasteiger charge is 2.08. The molecule has 0 spiro atoms. The van der Waals surface area contributed by atoms with Gasteiger partial charge in [-0.3, -0.25) is 0 Å². The first-order chi connectivity index (χ1) is 7.20. The van der Waals surface area contributed by atoms with E-state index in [0.29, 0.717) is 0 Å². The van der Waals surface area contributed by atoms with Crippen LogP contribution in [0.4, 0.5) is 0 Å². The summed E-state index contributed by atoms with van der Waals surface area (Å²) in [6, 6.07) is 0. The van der Waals surface area contributed by atoms with Crippen molar-refractivity contribution >= 4 is 0 Å². The van der Waals surface area contributed by atoms with E-state index in [1.165, 1.54) is 57.8 Å². The first-order valence-electron chi connectivity index (χ1n) is 7.20. The van der Waals surface area contributed by atoms with E-state index < -0.39 is 0 Å². The Labute approximate surface area is 97.8 Å². The molecule has 0 fully saturated rings. The van der Waals surface area contributed by atoms with Crippen LogP contribution in [0.25, 0.3) is 0 Å². The molecule has 0 heterocycles. The summed E-state index contributed by atoms with van der Waals surface area (Å²) < 4.78 is 0. The van der Waals surface area contributed by atoms with Crippen molar-refractivity contribution < 1.29 is 0 Å². The van der Waals surface area contributed by atoms with Crippen molar-refractivity contribution in [3.05, 3.63) is 0 Å². The average Bonchev–Trinajstić information content (AvgIpc) is 2.18. The number of rotatable bonds is 10. The van der Waals surface area contributed by atoms with Crippen molar-refractivity contribution in [1.29, 1.82) is 0 Å². The van der Waals surface area contributed by atoms with Crippen LogP contribution in [0.1, 0.15) is 85.5 Å². The molecule has 92 valence electrons. The Morgan fingerprint density at radius 3 is 1.40 bits per heavy atom. The Morgan fingerprint density at radius 2 is 1.07 bits per heavy atom. The van der Waals surface area contributed by atoms with Crippen LogP contribution in [0.2, 0.25) is 0 Å². The van der Waals surface area contributed by atoms with E-state index in [0.717, 1.165) is 11.8 Å². The van der Waals surface area contributed by atoms with E-state index >= 15 is 0 Å². The summed E-state index contributed by atoms with van der Waals surface area (Å²) in [6.45, 7) is 9.45. The fourth-order valence-electron chi connectivity index (χ4n) is 2.41. The molecule has 0 heteroatoms. The minimum Gasteiger partial charge on any atom is -0.0654 e. The van der Waals surface area contributed by atoms with Crippen molar-refractivity contribution in [3.63, 3.8) is 0 Å². The fourth-order valence-corrected chi connectivity index (χ4v) is 2.41. The molecule has 0 saturated carbocycles. The summed E-state index contributed by atoms with van der Waals surface area (Å²) in [6.07, 6.45) is 12.8. The Balaban J connectivity index is 3.35. The second-order valence-corrected chi connectivity index (χ2v) is 5.44. The molecule has 0 amide bonds. The Bertz CT molecular complexity index is 103. The van der Waals surface area contributed by atoms with Crippen molar-refractivity contribution in [3.8, 4) is 0 Å². The van der Waals surface area contributed by atoms with Crippen molar-refractivity contribution in [2.45, 2.75) is 85.5 Å². The maximum atomic E-state index is 2.44. The van der Waals surface area contributed by atoms with Gasteiger partial charge < -0.3 is 0 Å². The highest BCUT2D eigenvalue weighted by molar-refractivity contribution is 4.60. The van der Waals surface area contributed by atoms with Gasteiger partial charge in [0, 0.05) is 0 Å². The molecule has 0 radical (unpaired) electrons. The van der Waals surface area contributed by atoms with Gasteiger partial charge in [0.25, 0.3) is 0 Å². The van der Waals surface area contributed by atoms with Gasteiger partial charge in [0.15, 0.2) is 0 Å². The molecule has 0 aromatic heterocycles. The predicted molar refractivity (Wildman–Crippen MR) is 71.2 cm³/mol. The summed E-state index contributed by atoms with van der Waals surface area (Å²) in [5.74, 6) is 1.90. The quantitative estimate of drug-likeness (QED) is 0.401. The van der Waals surface area contributed by atoms with Crippen LogP contribution in [-0.4, -0.2) is 0 Å². The molecule has 0 saturated heterocycles. The third-order valence-corrected chi connectivity index (χ3v) is 3.41. The molecule has 0 N–H and O–H groups in total. The summed E-state index contributed by atoms with van der Waals surface area (Å²) in [4.78, 5) is 0. The third-order valence-electron chi connectivity index (χ3n) is 3.41. The lowest BCUT2D eigenvalue weighted by Crippen LogP contribution is -2.03. The Morgan fingerprint density at radius 1 is 0.667 bits per heavy atom. The minimum absolute atomic E-state index is 0.952. The van der Waals surface area contributed by atoms with Crippen LogP contribution < -0.4 is 0 Å². The van der Waals surface area contributed by atoms with Crippen LogP contribution in [-0.2, 0) is 0 Å². The molecule has 2 unspecified atom stereocenters. The lowest BCUT2D eigenvalue weighted by Gasteiger charge is -2.16. The van der Waals surface area contributed by atoms with E-state index in [1.807, 2.05) is 0 Å². The van der Waals surface area contributed by atoms with Crippen LogP contribution >= 0.6 is 0 Å². The van der Waals surface area contributed by atoms with Crippen LogP contribution in [0, 0.1) is 11.8 Å². The lowest BCUT2D eigenvalue weighted by atomic mass is 9.90. The van der Waals surface area contributed by atoms with Gasteiger partial charge in [-0.25, -0.2) is 0 Å². The second-order valence-electron chi connectivity index (χ2n) is 5.44. The summed E-state index contributed by atoms with van der Waals surface area (Å²) >= 11 is 0. The zero-order valence-corrected chi connectivity index (χ0v) is 11.5. The summed E-state index contributed by atoms with van der Waals surface area (Å²) in [5.41, 5.74) is 0. The topological polar surface area (TPSA) is 0 Å². The molecule has 0 aliphatic heterocycles. The lowest BCUT2D eigenvalue weighted by molar-refractivity contribution is 0.359. The zero-order chi connectivity index (χ0) is 11.5. The van der Waals surface area contributed by atoms with Crippen molar-refractivity contribution in [2.24, 2.45) is 11.8 Å². The molecule has 0 aliphatic rings. The van der Waals surface area contributed by atoms with Crippen LogP contribution in [0.3, 0.4) is 0 Å². The molecule has 0 nitrogen and oxygen atoms in total. The first kappa shape index (κ1) is 15.0. The van der Waals surface area contributed by atoms with Crippen molar-refractivity contribution in [2.75, 3.05) is 0 Å². The summed E-state index contributed by atoms with van der Waals surface area (Å²) in [7, 11) is 0. The van der Waals surface area contributed by atoms with E-state index in [9.17, 15) is 0 Å². The van der Waals surface area contributed by atoms with E-state index in [-0.39, 0.29) is 0 Å². The molecule has 0 aromatic carbocycles. The van der Waals surface area contributed by atoms with E-state index in [1.54, 1.807) is 0 Å². The molecule has 0 bridgehead atoms. The van der Waals surface area contributed by atoms with Gasteiger partial charge in [-0.05, 0) is 18.3 Å². The molecular formula is C15H32. The fraction of sp³-hybridized carbons (Fsp3) is 1.00. The predicted octanol–water partition coefficient (Wildman–Crippen LogP) is 5.81. The molecule has 15 heavy (non-hydrogen) atoms. The maximum Gasteiger partial charge on any atom is -0.0440 e. The van der Waals surface area contributed by atoms with Gasteiger partial charge in [-0.1, -0.05) is 79.1 Å². The van der Waals surface area contributed by atoms with Crippen LogP contribution in [0.15, 0.2) is 0 Å². The van der Waals surface area contributed by atoms with E-state index in [4.69, 9.17) is 0 Å². The van der Waals surface area contributed by atoms with Crippen molar-refractivity contribution in [1.82, 2.24) is 0 Å². The molecule has 0 aliphatic carbocycles. The second kappa shape index (κ2) is 10.5. The SMILES string of the molecule is CCCCCC(C)CC(C)CCCCC. The largest absolute Gasteiger partial charge is 0.0654 e. The third kappa shape index (κ3) is 10.3. The summed E-state index contributed by atoms with van der Waals surface area (Å²) in [5, 5.41) is 0. The molecule has 2 atom stereocenters. The monoisotopic (exact) mass is 212 g/mol. The Hall–Kier alpha value is 0. The Kier molecular flexibility index (Phi) is 10.5. The maximum absolute atomic E-state index is 2.44. The van der Waals surface area contributed by atoms with Gasteiger partial charge in [0.1, 0.15) is 0 Å². The highest BCUT2D eigenvalue weighted by Crippen LogP contribution is 2.22. The smallest absolute Gasteiger partial charge is 0.0440 e. The van der Waals surface area contributed by atoms with Gasteiger partial charge in [0.2, 0.25) is 0 Å². The zero-order valence-electron chi connectivity index (χ0n) is 11.5. The normalized spacial score (nSPS) is 15.2. The highest BCUT2D eigenvalue weighted by atomic mass is 14.1. The van der Waals surface area contributed by atoms with E-state index in [2.05, 4.69) is 27.7 Å². The molecular weight excluding hydrogens is 180 g/mol. The standard InChI is InChI=1S/C15H32/c1-5-7-9-11-14(3)13-15(4)12-10-8-6-2/h14-15H,5-13H2,1-4H3. The molecule has 0 aromatic rings. The number of hydrogen-bond donors (Lipinski definition) is 0. The van der Waals surface area contributed by atoms with Gasteiger partial charge in [0.05, 0.1) is 0 Å². The van der Waals surface area contributed by atoms with Gasteiger partial charge in [-0.15, -0.1) is 0 Å². The number of hydrogen-bond acceptors (Lipinski definition) is 0.